The molecule has 2 atom stereocenters. The van der Waals surface area contributed by atoms with Crippen molar-refractivity contribution in [1.29, 1.82) is 0 Å². The van der Waals surface area contributed by atoms with E-state index in [1.807, 2.05) is 0 Å². The molecular weight excluding hydrogens is 174 g/mol. The highest BCUT2D eigenvalue weighted by atomic mass is 15.3. The molecule has 3 rings (SSSR count). The second-order valence-electron chi connectivity index (χ2n) is 4.71. The van der Waals surface area contributed by atoms with Gasteiger partial charge in [0.05, 0.1) is 0 Å². The predicted octanol–water partition coefficient (Wildman–Crippen LogP) is 0.504. The maximum absolute atomic E-state index is 6.25. The molecule has 0 spiro atoms. The summed E-state index contributed by atoms with van der Waals surface area (Å²) in [7, 11) is 0. The smallest absolute Gasteiger partial charge is 0.0375 e. The fraction of sp³-hybridized carbons (Fsp3) is 1.00. The molecule has 3 saturated heterocycles. The molecule has 0 aromatic rings. The third-order valence-corrected chi connectivity index (χ3v) is 3.71. The van der Waals surface area contributed by atoms with Gasteiger partial charge in [0, 0.05) is 44.8 Å². The molecule has 0 amide bonds. The summed E-state index contributed by atoms with van der Waals surface area (Å²) < 4.78 is 0. The molecule has 0 saturated carbocycles. The summed E-state index contributed by atoms with van der Waals surface area (Å²) in [5.74, 6) is 0. The van der Waals surface area contributed by atoms with Crippen LogP contribution in [0.5, 0.6) is 0 Å². The normalized spacial score (nSPS) is 38.6. The summed E-state index contributed by atoms with van der Waals surface area (Å²) in [5, 5.41) is 0. The Labute approximate surface area is 87.2 Å². The van der Waals surface area contributed by atoms with Crippen molar-refractivity contribution in [3.05, 3.63) is 0 Å². The Morgan fingerprint density at radius 1 is 1.29 bits per heavy atom. The van der Waals surface area contributed by atoms with Gasteiger partial charge in [-0.05, 0) is 6.42 Å². The average molecular weight is 197 g/mol. The highest BCUT2D eigenvalue weighted by Crippen LogP contribution is 2.19. The number of hydrogen-bond acceptors (Lipinski definition) is 3. The second-order valence-corrected chi connectivity index (χ2v) is 4.71. The molecule has 3 aliphatic heterocycles. The summed E-state index contributed by atoms with van der Waals surface area (Å²) in [4.78, 5) is 5.16. The van der Waals surface area contributed by atoms with Gasteiger partial charge in [0.15, 0.2) is 0 Å². The van der Waals surface area contributed by atoms with E-state index in [0.717, 1.165) is 0 Å². The molecule has 3 fully saturated rings. The molecule has 2 bridgehead atoms. The van der Waals surface area contributed by atoms with Gasteiger partial charge in [-0.1, -0.05) is 19.8 Å². The first-order valence-electron chi connectivity index (χ1n) is 6.03. The van der Waals surface area contributed by atoms with Crippen molar-refractivity contribution in [3.63, 3.8) is 0 Å². The Kier molecular flexibility index (Phi) is 3.42. The first kappa shape index (κ1) is 10.4. The van der Waals surface area contributed by atoms with E-state index in [-0.39, 0.29) is 0 Å². The summed E-state index contributed by atoms with van der Waals surface area (Å²) in [5.41, 5.74) is 6.25. The third kappa shape index (κ3) is 2.10. The first-order chi connectivity index (χ1) is 6.81. The van der Waals surface area contributed by atoms with Crippen LogP contribution in [0.4, 0.5) is 0 Å². The molecule has 3 aliphatic rings. The Hall–Kier alpha value is -0.120. The van der Waals surface area contributed by atoms with E-state index in [2.05, 4.69) is 16.7 Å². The van der Waals surface area contributed by atoms with Crippen molar-refractivity contribution >= 4 is 0 Å². The van der Waals surface area contributed by atoms with Crippen LogP contribution in [0.25, 0.3) is 0 Å². The predicted molar refractivity (Wildman–Crippen MR) is 59.3 cm³/mol. The largest absolute Gasteiger partial charge is 0.326 e. The number of nitrogens with two attached hydrogens (primary N) is 1. The lowest BCUT2D eigenvalue weighted by atomic mass is 9.97. The van der Waals surface area contributed by atoms with Gasteiger partial charge in [-0.2, -0.15) is 0 Å². The molecule has 2 N–H and O–H groups in total. The number of hydrogen-bond donors (Lipinski definition) is 1. The molecular formula is C11H23N3. The molecule has 82 valence electrons. The molecule has 0 aliphatic carbocycles. The highest BCUT2D eigenvalue weighted by molar-refractivity contribution is 4.93. The summed E-state index contributed by atoms with van der Waals surface area (Å²) >= 11 is 0. The maximum atomic E-state index is 6.25. The average Bonchev–Trinajstić information content (AvgIpc) is 2.27. The fourth-order valence-corrected chi connectivity index (χ4v) is 2.70. The van der Waals surface area contributed by atoms with E-state index in [0.29, 0.717) is 12.1 Å². The van der Waals surface area contributed by atoms with Gasteiger partial charge in [-0.3, -0.25) is 9.80 Å². The SMILES string of the molecule is CCCCC(N)C1CN2CCN1CC2. The number of piperazine rings is 3. The van der Waals surface area contributed by atoms with Crippen LogP contribution in [-0.4, -0.2) is 54.6 Å². The van der Waals surface area contributed by atoms with E-state index >= 15 is 0 Å². The quantitative estimate of drug-likeness (QED) is 0.712. The Morgan fingerprint density at radius 3 is 2.50 bits per heavy atom. The molecule has 3 heterocycles. The minimum Gasteiger partial charge on any atom is -0.326 e. The van der Waals surface area contributed by atoms with Gasteiger partial charge in [-0.15, -0.1) is 0 Å². The monoisotopic (exact) mass is 197 g/mol. The van der Waals surface area contributed by atoms with Gasteiger partial charge in [0.2, 0.25) is 0 Å². The minimum atomic E-state index is 0.401. The molecule has 3 nitrogen and oxygen atoms in total. The van der Waals surface area contributed by atoms with E-state index in [1.165, 1.54) is 52.0 Å². The highest BCUT2D eigenvalue weighted by Gasteiger charge is 2.34. The lowest BCUT2D eigenvalue weighted by Crippen LogP contribution is -2.65. The van der Waals surface area contributed by atoms with Gasteiger partial charge < -0.3 is 5.73 Å². The van der Waals surface area contributed by atoms with Crippen molar-refractivity contribution in [2.75, 3.05) is 32.7 Å². The first-order valence-corrected chi connectivity index (χ1v) is 6.03. The fourth-order valence-electron chi connectivity index (χ4n) is 2.70. The van der Waals surface area contributed by atoms with Crippen LogP contribution in [0, 0.1) is 0 Å². The van der Waals surface area contributed by atoms with E-state index in [4.69, 9.17) is 5.73 Å². The van der Waals surface area contributed by atoms with E-state index < -0.39 is 0 Å². The van der Waals surface area contributed by atoms with Crippen LogP contribution in [0.1, 0.15) is 26.2 Å². The lowest BCUT2D eigenvalue weighted by Gasteiger charge is -2.49. The van der Waals surface area contributed by atoms with Crippen LogP contribution in [-0.2, 0) is 0 Å². The van der Waals surface area contributed by atoms with E-state index in [1.54, 1.807) is 0 Å². The number of unbranched alkanes of at least 4 members (excludes halogenated alkanes) is 1. The van der Waals surface area contributed by atoms with Crippen molar-refractivity contribution in [2.24, 2.45) is 5.73 Å². The molecule has 0 radical (unpaired) electrons. The molecule has 0 aromatic carbocycles. The zero-order valence-electron chi connectivity index (χ0n) is 9.28. The van der Waals surface area contributed by atoms with Gasteiger partial charge >= 0.3 is 0 Å². The van der Waals surface area contributed by atoms with Gasteiger partial charge in [0.1, 0.15) is 0 Å². The number of fused-ring (bicyclic) bond motifs is 3. The standard InChI is InChI=1S/C11H23N3/c1-2-3-4-10(12)11-9-13-5-7-14(11)8-6-13/h10-11H,2-9,12H2,1H3. The Bertz CT molecular complexity index is 175. The maximum Gasteiger partial charge on any atom is 0.0375 e. The Balaban J connectivity index is 1.85. The topological polar surface area (TPSA) is 32.5 Å². The van der Waals surface area contributed by atoms with Crippen molar-refractivity contribution < 1.29 is 0 Å². The zero-order chi connectivity index (χ0) is 9.97. The van der Waals surface area contributed by atoms with Crippen molar-refractivity contribution in [3.8, 4) is 0 Å². The number of nitrogens with zero attached hydrogens (tertiary/aromatic N) is 2. The molecule has 2 unspecified atom stereocenters. The van der Waals surface area contributed by atoms with Gasteiger partial charge in [-0.25, -0.2) is 0 Å². The molecule has 14 heavy (non-hydrogen) atoms. The number of rotatable bonds is 4. The summed E-state index contributed by atoms with van der Waals surface area (Å²) in [6.07, 6.45) is 3.75. The van der Waals surface area contributed by atoms with Gasteiger partial charge in [0.25, 0.3) is 0 Å². The minimum absolute atomic E-state index is 0.401. The zero-order valence-corrected chi connectivity index (χ0v) is 9.28. The van der Waals surface area contributed by atoms with E-state index in [9.17, 15) is 0 Å². The van der Waals surface area contributed by atoms with Crippen LogP contribution in [0.3, 0.4) is 0 Å². The second kappa shape index (κ2) is 4.60. The lowest BCUT2D eigenvalue weighted by molar-refractivity contribution is 0.00117. The van der Waals surface area contributed by atoms with Crippen LogP contribution < -0.4 is 5.73 Å². The summed E-state index contributed by atoms with van der Waals surface area (Å²) in [6, 6.07) is 1.04. The van der Waals surface area contributed by atoms with Crippen LogP contribution in [0.2, 0.25) is 0 Å². The molecule has 3 heteroatoms. The third-order valence-electron chi connectivity index (χ3n) is 3.71. The summed E-state index contributed by atoms with van der Waals surface area (Å²) in [6.45, 7) is 8.46. The Morgan fingerprint density at radius 2 is 2.00 bits per heavy atom. The van der Waals surface area contributed by atoms with Crippen molar-refractivity contribution in [1.82, 2.24) is 9.80 Å². The molecule has 0 aromatic heterocycles. The van der Waals surface area contributed by atoms with Crippen LogP contribution >= 0.6 is 0 Å². The van der Waals surface area contributed by atoms with Crippen molar-refractivity contribution in [2.45, 2.75) is 38.3 Å². The van der Waals surface area contributed by atoms with Crippen LogP contribution in [0.15, 0.2) is 0 Å².